The zero-order valence-corrected chi connectivity index (χ0v) is 20.8. The van der Waals surface area contributed by atoms with Crippen molar-refractivity contribution in [1.82, 2.24) is 10.2 Å². The van der Waals surface area contributed by atoms with Crippen molar-refractivity contribution in [2.24, 2.45) is 5.73 Å². The molecule has 8 nitrogen and oxygen atoms in total. The third-order valence-electron chi connectivity index (χ3n) is 6.22. The van der Waals surface area contributed by atoms with Crippen LogP contribution in [0.5, 0.6) is 0 Å². The number of esters is 1. The number of hydrogen-bond acceptors (Lipinski definition) is 6. The van der Waals surface area contributed by atoms with Gasteiger partial charge in [-0.15, -0.1) is 0 Å². The van der Waals surface area contributed by atoms with Gasteiger partial charge in [-0.1, -0.05) is 19.4 Å². The Morgan fingerprint density at radius 3 is 2.56 bits per heavy atom. The Balaban J connectivity index is 1.57. The van der Waals surface area contributed by atoms with Crippen molar-refractivity contribution in [2.75, 3.05) is 13.1 Å². The Labute approximate surface area is 201 Å². The fraction of sp³-hybridized carbons (Fsp3) is 0.577. The van der Waals surface area contributed by atoms with Gasteiger partial charge in [-0.05, 0) is 71.6 Å². The lowest BCUT2D eigenvalue weighted by Crippen LogP contribution is -2.46. The van der Waals surface area contributed by atoms with Crippen LogP contribution in [-0.2, 0) is 9.53 Å². The van der Waals surface area contributed by atoms with E-state index in [4.69, 9.17) is 20.3 Å². The molecule has 3 rings (SSSR count). The molecule has 0 unspecified atom stereocenters. The monoisotopic (exact) mass is 470 g/mol. The summed E-state index contributed by atoms with van der Waals surface area (Å²) in [4.78, 5) is 27.6. The van der Waals surface area contributed by atoms with Crippen LogP contribution in [0.25, 0.3) is 10.8 Å². The molecular weight excluding hydrogens is 432 g/mol. The number of nitrogens with one attached hydrogen (secondary N) is 2. The van der Waals surface area contributed by atoms with E-state index in [0.29, 0.717) is 23.5 Å². The maximum Gasteiger partial charge on any atom is 0.320 e. The van der Waals surface area contributed by atoms with Crippen molar-refractivity contribution in [2.45, 2.75) is 83.9 Å². The number of unbranched alkanes of at least 4 members (excludes halogenated alkanes) is 1. The molecule has 0 spiro atoms. The molecule has 1 aliphatic carbocycles. The molecule has 0 bridgehead atoms. The van der Waals surface area contributed by atoms with E-state index in [1.807, 2.05) is 20.8 Å². The van der Waals surface area contributed by atoms with Gasteiger partial charge < -0.3 is 20.2 Å². The second kappa shape index (κ2) is 11.0. The molecule has 8 heteroatoms. The lowest BCUT2D eigenvalue weighted by atomic mass is 9.89. The molecule has 2 aromatic rings. The minimum Gasteiger partial charge on any atom is -0.459 e. The molecule has 0 saturated heterocycles. The van der Waals surface area contributed by atoms with Crippen LogP contribution in [0.3, 0.4) is 0 Å². The second-order valence-electron chi connectivity index (χ2n) is 10.2. The molecule has 1 aromatic carbocycles. The maximum absolute atomic E-state index is 12.9. The van der Waals surface area contributed by atoms with Crippen LogP contribution in [0.15, 0.2) is 28.9 Å². The minimum absolute atomic E-state index is 0.0227. The molecule has 4 N–H and O–H groups in total. The molecule has 1 saturated carbocycles. The first-order valence-corrected chi connectivity index (χ1v) is 12.2. The lowest BCUT2D eigenvalue weighted by Gasteiger charge is -2.37. The molecular formula is C26H38N4O4. The number of carbonyl (C=O) groups is 2. The molecule has 186 valence electrons. The number of nitrogens with zero attached hydrogens (tertiary/aromatic N) is 1. The summed E-state index contributed by atoms with van der Waals surface area (Å²) < 4.78 is 11.1. The molecule has 1 fully saturated rings. The van der Waals surface area contributed by atoms with Crippen molar-refractivity contribution in [3.63, 3.8) is 0 Å². The van der Waals surface area contributed by atoms with E-state index in [9.17, 15) is 9.59 Å². The van der Waals surface area contributed by atoms with Gasteiger partial charge in [-0.25, -0.2) is 0 Å². The summed E-state index contributed by atoms with van der Waals surface area (Å²) in [5, 5.41) is 12.1. The number of fused-ring (bicyclic) bond motifs is 1. The number of hydrogen-bond donors (Lipinski definition) is 3. The van der Waals surface area contributed by atoms with Gasteiger partial charge in [0.1, 0.15) is 11.4 Å². The average molecular weight is 471 g/mol. The van der Waals surface area contributed by atoms with Gasteiger partial charge in [0.05, 0.1) is 12.8 Å². The number of furan rings is 1. The lowest BCUT2D eigenvalue weighted by molar-refractivity contribution is -0.157. The molecule has 0 aliphatic heterocycles. The van der Waals surface area contributed by atoms with Crippen molar-refractivity contribution in [3.8, 4) is 0 Å². The Morgan fingerprint density at radius 1 is 1.24 bits per heavy atom. The summed E-state index contributed by atoms with van der Waals surface area (Å²) in [5.74, 6) is -0.158. The summed E-state index contributed by atoms with van der Waals surface area (Å²) in [6.07, 6.45) is 7.16. The first kappa shape index (κ1) is 25.7. The topological polar surface area (TPSA) is 122 Å². The molecule has 1 amide bonds. The van der Waals surface area contributed by atoms with Crippen molar-refractivity contribution in [3.05, 3.63) is 35.8 Å². The summed E-state index contributed by atoms with van der Waals surface area (Å²) in [6, 6.07) is 5.61. The van der Waals surface area contributed by atoms with Crippen molar-refractivity contribution >= 4 is 28.5 Å². The zero-order chi connectivity index (χ0) is 24.9. The van der Waals surface area contributed by atoms with Crippen LogP contribution in [0.1, 0.15) is 82.3 Å². The van der Waals surface area contributed by atoms with Crippen LogP contribution < -0.4 is 11.1 Å². The quantitative estimate of drug-likeness (QED) is 0.287. The molecule has 1 aliphatic rings. The predicted molar refractivity (Wildman–Crippen MR) is 133 cm³/mol. The number of benzene rings is 1. The third-order valence-corrected chi connectivity index (χ3v) is 6.22. The van der Waals surface area contributed by atoms with Crippen molar-refractivity contribution < 1.29 is 18.7 Å². The van der Waals surface area contributed by atoms with Gasteiger partial charge in [-0.2, -0.15) is 0 Å². The Bertz CT molecular complexity index is 1020. The largest absolute Gasteiger partial charge is 0.459 e. The fourth-order valence-corrected chi connectivity index (χ4v) is 4.52. The van der Waals surface area contributed by atoms with E-state index in [-0.39, 0.29) is 29.5 Å². The van der Waals surface area contributed by atoms with Crippen LogP contribution >= 0.6 is 0 Å². The fourth-order valence-electron chi connectivity index (χ4n) is 4.52. The minimum atomic E-state index is -0.487. The van der Waals surface area contributed by atoms with E-state index in [0.717, 1.165) is 50.5 Å². The first-order chi connectivity index (χ1) is 16.1. The molecule has 34 heavy (non-hydrogen) atoms. The smallest absolute Gasteiger partial charge is 0.320 e. The maximum atomic E-state index is 12.9. The Kier molecular flexibility index (Phi) is 8.36. The third kappa shape index (κ3) is 6.82. The number of nitrogen functional groups attached to an aromatic ring is 1. The predicted octanol–water partition coefficient (Wildman–Crippen LogP) is 4.20. The Hall–Kier alpha value is -2.87. The number of rotatable bonds is 9. The highest BCUT2D eigenvalue weighted by Crippen LogP contribution is 2.26. The van der Waals surface area contributed by atoms with E-state index in [2.05, 4.69) is 17.1 Å². The standard InChI is InChI=1S/C26H38N4O4/c1-5-6-13-30(15-22(31)34-26(2,3)4)20-10-8-19(9-11-20)29-25(32)23-21-12-7-17(24(27)28)14-18(21)16-33-23/h7,12,14,16,19-20H,5-6,8-11,13,15H2,1-4H3,(H3,27,28)(H,29,32). The molecule has 0 radical (unpaired) electrons. The highest BCUT2D eigenvalue weighted by atomic mass is 16.6. The van der Waals surface area contributed by atoms with Crippen molar-refractivity contribution in [1.29, 1.82) is 5.41 Å². The second-order valence-corrected chi connectivity index (χ2v) is 10.2. The number of ether oxygens (including phenoxy) is 1. The van der Waals surface area contributed by atoms with Crippen LogP contribution in [0.2, 0.25) is 0 Å². The van der Waals surface area contributed by atoms with Gasteiger partial charge in [0, 0.05) is 28.4 Å². The molecule has 1 heterocycles. The highest BCUT2D eigenvalue weighted by molar-refractivity contribution is 6.07. The van der Waals surface area contributed by atoms with E-state index >= 15 is 0 Å². The van der Waals surface area contributed by atoms with Gasteiger partial charge in [0.2, 0.25) is 0 Å². The van der Waals surface area contributed by atoms with E-state index < -0.39 is 5.60 Å². The van der Waals surface area contributed by atoms with Crippen LogP contribution in [0, 0.1) is 5.41 Å². The number of amides is 1. The van der Waals surface area contributed by atoms with Gasteiger partial charge in [0.15, 0.2) is 5.76 Å². The van der Waals surface area contributed by atoms with Gasteiger partial charge in [0.25, 0.3) is 5.91 Å². The number of amidine groups is 1. The first-order valence-electron chi connectivity index (χ1n) is 12.2. The Morgan fingerprint density at radius 2 is 1.94 bits per heavy atom. The van der Waals surface area contributed by atoms with Gasteiger partial charge in [-0.3, -0.25) is 19.9 Å². The summed E-state index contributed by atoms with van der Waals surface area (Å²) in [5.41, 5.74) is 5.66. The van der Waals surface area contributed by atoms with Crippen LogP contribution in [-0.4, -0.2) is 53.4 Å². The van der Waals surface area contributed by atoms with Gasteiger partial charge >= 0.3 is 5.97 Å². The molecule has 1 aromatic heterocycles. The number of carbonyl (C=O) groups excluding carboxylic acids is 2. The van der Waals surface area contributed by atoms with Crippen LogP contribution in [0.4, 0.5) is 0 Å². The number of nitrogens with two attached hydrogens (primary N) is 1. The normalized spacial score (nSPS) is 18.7. The zero-order valence-electron chi connectivity index (χ0n) is 20.8. The summed E-state index contributed by atoms with van der Waals surface area (Å²) >= 11 is 0. The summed E-state index contributed by atoms with van der Waals surface area (Å²) in [6.45, 7) is 8.99. The SMILES string of the molecule is CCCCN(CC(=O)OC(C)(C)C)C1CCC(NC(=O)c2occ3cc(C(=N)N)ccc23)CC1. The average Bonchev–Trinajstić information content (AvgIpc) is 3.19. The summed E-state index contributed by atoms with van der Waals surface area (Å²) in [7, 11) is 0. The highest BCUT2D eigenvalue weighted by Gasteiger charge is 2.29. The van der Waals surface area contributed by atoms with E-state index in [1.165, 1.54) is 6.26 Å². The van der Waals surface area contributed by atoms with E-state index in [1.54, 1.807) is 18.2 Å². The molecule has 0 atom stereocenters.